The number of nitrogens with zero attached hydrogens (tertiary/aromatic N) is 2. The molecule has 2 atom stereocenters. The molecule has 0 bridgehead atoms. The lowest BCUT2D eigenvalue weighted by Gasteiger charge is -2.37. The monoisotopic (exact) mass is 495 g/mol. The van der Waals surface area contributed by atoms with Crippen molar-refractivity contribution < 1.29 is 30.8 Å². The molecule has 1 aliphatic rings. The summed E-state index contributed by atoms with van der Waals surface area (Å²) in [4.78, 5) is 4.20. The molecule has 4 rings (SSSR count). The molecule has 2 unspecified atom stereocenters. The van der Waals surface area contributed by atoms with E-state index < -0.39 is 32.4 Å². The topological polar surface area (TPSA) is 94.3 Å². The van der Waals surface area contributed by atoms with Crippen LogP contribution in [0.1, 0.15) is 48.6 Å². The molecule has 0 amide bonds. The zero-order valence-corrected chi connectivity index (χ0v) is 19.4. The molecule has 0 aliphatic carbocycles. The highest BCUT2D eigenvalue weighted by Gasteiger charge is 2.46. The van der Waals surface area contributed by atoms with Gasteiger partial charge < -0.3 is 14.6 Å². The number of sulfone groups is 1. The van der Waals surface area contributed by atoms with E-state index in [0.717, 1.165) is 12.1 Å². The van der Waals surface area contributed by atoms with Gasteiger partial charge in [0.25, 0.3) is 0 Å². The third kappa shape index (κ3) is 4.95. The van der Waals surface area contributed by atoms with Crippen molar-refractivity contribution in [2.75, 3.05) is 11.9 Å². The molecule has 7 nitrogen and oxygen atoms in total. The van der Waals surface area contributed by atoms with E-state index in [2.05, 4.69) is 15.5 Å². The SMILES string of the molecule is Cc1cc(CNc2cccc(C3CC(C)(S(=O)(=O)c4cccc(C(F)(F)F)c4)CCO3)n2)no1. The van der Waals surface area contributed by atoms with Gasteiger partial charge in [0.2, 0.25) is 0 Å². The number of anilines is 1. The van der Waals surface area contributed by atoms with Gasteiger partial charge in [-0.15, -0.1) is 0 Å². The predicted molar refractivity (Wildman–Crippen MR) is 118 cm³/mol. The number of halogens is 3. The summed E-state index contributed by atoms with van der Waals surface area (Å²) in [6.45, 7) is 3.87. The first-order chi connectivity index (χ1) is 16.0. The standard InChI is InChI=1S/C23H24F3N3O4S/c1-15-11-17(29-33-15)14-27-21-8-4-7-19(28-21)20-13-22(2,9-10-32-20)34(30,31)18-6-3-5-16(12-18)23(24,25)26/h3-8,11-12,20H,9-10,13-14H2,1-2H3,(H,27,28). The van der Waals surface area contributed by atoms with E-state index in [0.29, 0.717) is 35.6 Å². The van der Waals surface area contributed by atoms with Gasteiger partial charge in [-0.1, -0.05) is 17.3 Å². The maximum absolute atomic E-state index is 13.4. The molecule has 11 heteroatoms. The summed E-state index contributed by atoms with van der Waals surface area (Å²) in [5.41, 5.74) is 0.244. The lowest BCUT2D eigenvalue weighted by atomic mass is 9.94. The molecule has 182 valence electrons. The fraction of sp³-hybridized carbons (Fsp3) is 0.391. The molecular formula is C23H24F3N3O4S. The minimum atomic E-state index is -4.63. The van der Waals surface area contributed by atoms with Crippen LogP contribution in [0.5, 0.6) is 0 Å². The van der Waals surface area contributed by atoms with Crippen LogP contribution < -0.4 is 5.32 Å². The Kier molecular flexibility index (Phi) is 6.43. The Morgan fingerprint density at radius 3 is 2.65 bits per heavy atom. The van der Waals surface area contributed by atoms with Gasteiger partial charge in [-0.2, -0.15) is 13.2 Å². The molecule has 1 aliphatic heterocycles. The van der Waals surface area contributed by atoms with Gasteiger partial charge in [-0.05, 0) is 57.0 Å². The average Bonchev–Trinajstić information content (AvgIpc) is 3.22. The first-order valence-corrected chi connectivity index (χ1v) is 12.1. The van der Waals surface area contributed by atoms with Gasteiger partial charge in [0.1, 0.15) is 23.4 Å². The molecule has 1 fully saturated rings. The van der Waals surface area contributed by atoms with Gasteiger partial charge in [0, 0.05) is 12.7 Å². The number of nitrogens with one attached hydrogen (secondary N) is 1. The summed E-state index contributed by atoms with van der Waals surface area (Å²) in [7, 11) is -4.08. The Labute approximate surface area is 195 Å². The Balaban J connectivity index is 1.54. The number of rotatable bonds is 6. The molecule has 0 radical (unpaired) electrons. The van der Waals surface area contributed by atoms with Gasteiger partial charge in [0.05, 0.1) is 27.4 Å². The molecule has 0 spiro atoms. The fourth-order valence-corrected chi connectivity index (χ4v) is 5.77. The first-order valence-electron chi connectivity index (χ1n) is 10.6. The number of ether oxygens (including phenoxy) is 1. The highest BCUT2D eigenvalue weighted by Crippen LogP contribution is 2.42. The Morgan fingerprint density at radius 1 is 1.18 bits per heavy atom. The van der Waals surface area contributed by atoms with Crippen molar-refractivity contribution >= 4 is 15.7 Å². The van der Waals surface area contributed by atoms with Crippen LogP contribution in [0.3, 0.4) is 0 Å². The van der Waals surface area contributed by atoms with E-state index in [1.807, 2.05) is 0 Å². The van der Waals surface area contributed by atoms with Crippen molar-refractivity contribution in [2.45, 2.75) is 55.2 Å². The van der Waals surface area contributed by atoms with Crippen molar-refractivity contribution in [2.24, 2.45) is 0 Å². The van der Waals surface area contributed by atoms with Crippen LogP contribution in [-0.2, 0) is 27.3 Å². The number of aromatic nitrogens is 2. The summed E-state index contributed by atoms with van der Waals surface area (Å²) < 4.78 is 75.8. The van der Waals surface area contributed by atoms with Gasteiger partial charge in [-0.3, -0.25) is 0 Å². The van der Waals surface area contributed by atoms with Gasteiger partial charge in [-0.25, -0.2) is 13.4 Å². The molecule has 1 aromatic carbocycles. The van der Waals surface area contributed by atoms with Crippen LogP contribution in [0.15, 0.2) is 57.9 Å². The van der Waals surface area contributed by atoms with E-state index in [1.54, 1.807) is 38.1 Å². The fourth-order valence-electron chi connectivity index (χ4n) is 3.94. The van der Waals surface area contributed by atoms with Crippen molar-refractivity contribution in [3.05, 3.63) is 71.2 Å². The summed E-state index contributed by atoms with van der Waals surface area (Å²) >= 11 is 0. The molecule has 3 heterocycles. The largest absolute Gasteiger partial charge is 0.416 e. The Bertz CT molecular complexity index is 1280. The molecule has 3 aromatic rings. The van der Waals surface area contributed by atoms with Crippen LogP contribution in [0, 0.1) is 6.92 Å². The number of benzene rings is 1. The van der Waals surface area contributed by atoms with Crippen molar-refractivity contribution in [1.82, 2.24) is 10.1 Å². The zero-order chi connectivity index (χ0) is 24.6. The highest BCUT2D eigenvalue weighted by molar-refractivity contribution is 7.92. The van der Waals surface area contributed by atoms with Crippen LogP contribution in [0.2, 0.25) is 0 Å². The van der Waals surface area contributed by atoms with Crippen molar-refractivity contribution in [3.8, 4) is 0 Å². The summed E-state index contributed by atoms with van der Waals surface area (Å²) in [5.74, 6) is 1.24. The molecule has 0 saturated carbocycles. The van der Waals surface area contributed by atoms with Gasteiger partial charge in [0.15, 0.2) is 9.84 Å². The van der Waals surface area contributed by atoms with Crippen molar-refractivity contribution in [1.29, 1.82) is 0 Å². The Morgan fingerprint density at radius 2 is 1.94 bits per heavy atom. The average molecular weight is 496 g/mol. The van der Waals surface area contributed by atoms with E-state index in [1.165, 1.54) is 6.07 Å². The van der Waals surface area contributed by atoms with Gasteiger partial charge >= 0.3 is 6.18 Å². The summed E-state index contributed by atoms with van der Waals surface area (Å²) in [6, 6.07) is 10.9. The van der Waals surface area contributed by atoms with Crippen LogP contribution >= 0.6 is 0 Å². The summed E-state index contributed by atoms with van der Waals surface area (Å²) in [5, 5.41) is 7.05. The third-order valence-electron chi connectivity index (χ3n) is 5.92. The zero-order valence-electron chi connectivity index (χ0n) is 18.6. The predicted octanol–water partition coefficient (Wildman–Crippen LogP) is 5.09. The van der Waals surface area contributed by atoms with Crippen LogP contribution in [0.4, 0.5) is 19.0 Å². The molecular weight excluding hydrogens is 471 g/mol. The molecule has 34 heavy (non-hydrogen) atoms. The molecule has 1 N–H and O–H groups in total. The summed E-state index contributed by atoms with van der Waals surface area (Å²) in [6.07, 6.45) is -5.04. The highest BCUT2D eigenvalue weighted by atomic mass is 32.2. The number of aryl methyl sites for hydroxylation is 1. The van der Waals surface area contributed by atoms with Crippen LogP contribution in [-0.4, -0.2) is 29.9 Å². The van der Waals surface area contributed by atoms with E-state index in [9.17, 15) is 21.6 Å². The smallest absolute Gasteiger partial charge is 0.372 e. The minimum absolute atomic E-state index is 0.0600. The van der Waals surface area contributed by atoms with Crippen molar-refractivity contribution in [3.63, 3.8) is 0 Å². The second-order valence-corrected chi connectivity index (χ2v) is 11.0. The number of hydrogen-bond acceptors (Lipinski definition) is 7. The number of alkyl halides is 3. The maximum atomic E-state index is 13.4. The third-order valence-corrected chi connectivity index (χ3v) is 8.46. The number of hydrogen-bond donors (Lipinski definition) is 1. The second-order valence-electron chi connectivity index (χ2n) is 8.52. The lowest BCUT2D eigenvalue weighted by Crippen LogP contribution is -2.42. The quantitative estimate of drug-likeness (QED) is 0.509. The molecule has 1 saturated heterocycles. The van der Waals surface area contributed by atoms with E-state index in [4.69, 9.17) is 9.26 Å². The van der Waals surface area contributed by atoms with Crippen LogP contribution in [0.25, 0.3) is 0 Å². The normalized spacial score (nSPS) is 21.4. The number of pyridine rings is 1. The first kappa shape index (κ1) is 24.2. The Hall–Kier alpha value is -2.92. The molecule has 2 aromatic heterocycles. The van der Waals surface area contributed by atoms with E-state index in [-0.39, 0.29) is 24.3 Å². The second kappa shape index (κ2) is 9.03. The van der Waals surface area contributed by atoms with E-state index >= 15 is 0 Å². The minimum Gasteiger partial charge on any atom is -0.372 e. The lowest BCUT2D eigenvalue weighted by molar-refractivity contribution is -0.137. The maximum Gasteiger partial charge on any atom is 0.416 e.